The summed E-state index contributed by atoms with van der Waals surface area (Å²) in [4.78, 5) is 4.53. The molecule has 4 nitrogen and oxygen atoms in total. The van der Waals surface area contributed by atoms with E-state index in [1.165, 1.54) is 4.70 Å². The van der Waals surface area contributed by atoms with Gasteiger partial charge in [-0.2, -0.15) is 5.10 Å². The van der Waals surface area contributed by atoms with Gasteiger partial charge in [0.15, 0.2) is 0 Å². The molecule has 2 aromatic heterocycles. The van der Waals surface area contributed by atoms with Gasteiger partial charge in [-0.25, -0.2) is 4.98 Å². The SMILES string of the molecule is Nc1cnn(Cc2nc3ccccc3s2)c1. The number of benzene rings is 1. The molecule has 0 saturated carbocycles. The fraction of sp³-hybridized carbons (Fsp3) is 0.0909. The minimum atomic E-state index is 0.677. The highest BCUT2D eigenvalue weighted by Crippen LogP contribution is 2.22. The van der Waals surface area contributed by atoms with Crippen LogP contribution in [0.4, 0.5) is 5.69 Å². The fourth-order valence-corrected chi connectivity index (χ4v) is 2.55. The molecule has 80 valence electrons. The van der Waals surface area contributed by atoms with Gasteiger partial charge in [-0.15, -0.1) is 11.3 Å². The monoisotopic (exact) mass is 230 g/mol. The highest BCUT2D eigenvalue weighted by atomic mass is 32.1. The van der Waals surface area contributed by atoms with Crippen LogP contribution in [-0.2, 0) is 6.54 Å². The summed E-state index contributed by atoms with van der Waals surface area (Å²) in [7, 11) is 0. The first-order valence-electron chi connectivity index (χ1n) is 4.94. The summed E-state index contributed by atoms with van der Waals surface area (Å²) in [5, 5.41) is 5.19. The summed E-state index contributed by atoms with van der Waals surface area (Å²) in [6.07, 6.45) is 3.46. The van der Waals surface area contributed by atoms with Gasteiger partial charge in [0.2, 0.25) is 0 Å². The van der Waals surface area contributed by atoms with Crippen molar-refractivity contribution in [3.63, 3.8) is 0 Å². The predicted octanol–water partition coefficient (Wildman–Crippen LogP) is 2.12. The van der Waals surface area contributed by atoms with E-state index in [0.717, 1.165) is 10.5 Å². The van der Waals surface area contributed by atoms with E-state index in [2.05, 4.69) is 16.1 Å². The lowest BCUT2D eigenvalue weighted by molar-refractivity contribution is 0.684. The Morgan fingerprint density at radius 3 is 2.94 bits per heavy atom. The van der Waals surface area contributed by atoms with E-state index >= 15 is 0 Å². The largest absolute Gasteiger partial charge is 0.396 e. The zero-order valence-electron chi connectivity index (χ0n) is 8.50. The molecule has 0 bridgehead atoms. The Balaban J connectivity index is 1.95. The van der Waals surface area contributed by atoms with Gasteiger partial charge < -0.3 is 5.73 Å². The Labute approximate surface area is 96.3 Å². The average Bonchev–Trinajstić information content (AvgIpc) is 2.84. The van der Waals surface area contributed by atoms with Crippen molar-refractivity contribution in [3.8, 4) is 0 Å². The van der Waals surface area contributed by atoms with Gasteiger partial charge in [0.25, 0.3) is 0 Å². The van der Waals surface area contributed by atoms with Crippen molar-refractivity contribution < 1.29 is 0 Å². The van der Waals surface area contributed by atoms with Crippen LogP contribution in [-0.4, -0.2) is 14.8 Å². The molecular formula is C11H10N4S. The Hall–Kier alpha value is -1.88. The Morgan fingerprint density at radius 1 is 1.31 bits per heavy atom. The van der Waals surface area contributed by atoms with Crippen LogP contribution in [0.2, 0.25) is 0 Å². The summed E-state index contributed by atoms with van der Waals surface area (Å²) in [6.45, 7) is 0.677. The van der Waals surface area contributed by atoms with Crippen LogP contribution in [0, 0.1) is 0 Å². The average molecular weight is 230 g/mol. The number of anilines is 1. The maximum atomic E-state index is 5.61. The summed E-state index contributed by atoms with van der Waals surface area (Å²) in [6, 6.07) is 8.12. The summed E-state index contributed by atoms with van der Waals surface area (Å²) >= 11 is 1.69. The van der Waals surface area contributed by atoms with Gasteiger partial charge in [0.1, 0.15) is 5.01 Å². The van der Waals surface area contributed by atoms with Crippen molar-refractivity contribution in [3.05, 3.63) is 41.7 Å². The van der Waals surface area contributed by atoms with Crippen molar-refractivity contribution in [1.82, 2.24) is 14.8 Å². The smallest absolute Gasteiger partial charge is 0.115 e. The first-order valence-corrected chi connectivity index (χ1v) is 5.75. The predicted molar refractivity (Wildman–Crippen MR) is 65.4 cm³/mol. The fourth-order valence-electron chi connectivity index (χ4n) is 1.59. The second-order valence-corrected chi connectivity index (χ2v) is 4.66. The highest BCUT2D eigenvalue weighted by Gasteiger charge is 2.04. The number of rotatable bonds is 2. The molecule has 5 heteroatoms. The van der Waals surface area contributed by atoms with E-state index in [0.29, 0.717) is 12.2 Å². The molecule has 0 fully saturated rings. The van der Waals surface area contributed by atoms with Crippen LogP contribution in [0.3, 0.4) is 0 Å². The van der Waals surface area contributed by atoms with Crippen molar-refractivity contribution in [2.75, 3.05) is 5.73 Å². The molecule has 0 atom stereocenters. The molecule has 3 rings (SSSR count). The standard InChI is InChI=1S/C11H10N4S/c12-8-5-13-15(6-8)7-11-14-9-3-1-2-4-10(9)16-11/h1-6H,7,12H2. The van der Waals surface area contributed by atoms with Gasteiger partial charge in [-0.05, 0) is 12.1 Å². The zero-order valence-corrected chi connectivity index (χ0v) is 9.31. The third kappa shape index (κ3) is 1.65. The number of para-hydroxylation sites is 1. The third-order valence-electron chi connectivity index (χ3n) is 2.29. The van der Waals surface area contributed by atoms with Crippen molar-refractivity contribution >= 4 is 27.2 Å². The van der Waals surface area contributed by atoms with Gasteiger partial charge >= 0.3 is 0 Å². The Kier molecular flexibility index (Phi) is 2.11. The first-order chi connectivity index (χ1) is 7.81. The lowest BCUT2D eigenvalue weighted by atomic mass is 10.3. The molecule has 1 aromatic carbocycles. The minimum absolute atomic E-state index is 0.677. The van der Waals surface area contributed by atoms with Crippen LogP contribution in [0.15, 0.2) is 36.7 Å². The Morgan fingerprint density at radius 2 is 2.19 bits per heavy atom. The Bertz CT molecular complexity index is 592. The van der Waals surface area contributed by atoms with Crippen LogP contribution < -0.4 is 5.73 Å². The minimum Gasteiger partial charge on any atom is -0.396 e. The van der Waals surface area contributed by atoms with E-state index < -0.39 is 0 Å². The number of hydrogen-bond acceptors (Lipinski definition) is 4. The van der Waals surface area contributed by atoms with Crippen LogP contribution in [0.1, 0.15) is 5.01 Å². The lowest BCUT2D eigenvalue weighted by Crippen LogP contribution is -1.98. The molecule has 0 amide bonds. The van der Waals surface area contributed by atoms with Gasteiger partial charge in [0.05, 0.1) is 28.6 Å². The van der Waals surface area contributed by atoms with Gasteiger partial charge in [0, 0.05) is 6.20 Å². The number of nitrogen functional groups attached to an aromatic ring is 1. The molecule has 0 unspecified atom stereocenters. The van der Waals surface area contributed by atoms with E-state index in [1.54, 1.807) is 22.2 Å². The van der Waals surface area contributed by atoms with Crippen molar-refractivity contribution in [2.24, 2.45) is 0 Å². The molecule has 0 aliphatic carbocycles. The zero-order chi connectivity index (χ0) is 11.0. The molecule has 2 heterocycles. The molecule has 0 aliphatic rings. The van der Waals surface area contributed by atoms with E-state index in [1.807, 2.05) is 24.4 Å². The molecule has 16 heavy (non-hydrogen) atoms. The van der Waals surface area contributed by atoms with Crippen LogP contribution in [0.25, 0.3) is 10.2 Å². The second kappa shape index (κ2) is 3.61. The van der Waals surface area contributed by atoms with Crippen LogP contribution >= 0.6 is 11.3 Å². The number of nitrogens with two attached hydrogens (primary N) is 1. The maximum absolute atomic E-state index is 5.61. The van der Waals surface area contributed by atoms with Gasteiger partial charge in [-0.3, -0.25) is 4.68 Å². The number of aromatic nitrogens is 3. The van der Waals surface area contributed by atoms with Crippen LogP contribution in [0.5, 0.6) is 0 Å². The highest BCUT2D eigenvalue weighted by molar-refractivity contribution is 7.18. The normalized spacial score (nSPS) is 11.0. The van der Waals surface area contributed by atoms with Crippen molar-refractivity contribution in [1.29, 1.82) is 0 Å². The molecule has 2 N–H and O–H groups in total. The molecule has 0 radical (unpaired) electrons. The molecular weight excluding hydrogens is 220 g/mol. The summed E-state index contributed by atoms with van der Waals surface area (Å²) in [5.41, 5.74) is 7.33. The number of hydrogen-bond donors (Lipinski definition) is 1. The molecule has 0 aliphatic heterocycles. The van der Waals surface area contributed by atoms with E-state index in [4.69, 9.17) is 5.73 Å². The molecule has 0 spiro atoms. The van der Waals surface area contributed by atoms with E-state index in [-0.39, 0.29) is 0 Å². The summed E-state index contributed by atoms with van der Waals surface area (Å²) < 4.78 is 3.00. The number of thiazole rings is 1. The summed E-state index contributed by atoms with van der Waals surface area (Å²) in [5.74, 6) is 0. The topological polar surface area (TPSA) is 56.7 Å². The molecule has 3 aromatic rings. The second-order valence-electron chi connectivity index (χ2n) is 3.55. The quantitative estimate of drug-likeness (QED) is 0.733. The van der Waals surface area contributed by atoms with Gasteiger partial charge in [-0.1, -0.05) is 12.1 Å². The van der Waals surface area contributed by atoms with Crippen molar-refractivity contribution in [2.45, 2.75) is 6.54 Å². The number of nitrogens with zero attached hydrogens (tertiary/aromatic N) is 3. The lowest BCUT2D eigenvalue weighted by Gasteiger charge is -1.94. The maximum Gasteiger partial charge on any atom is 0.115 e. The first kappa shape index (κ1) is 9.35. The third-order valence-corrected chi connectivity index (χ3v) is 3.31. The molecule has 0 saturated heterocycles. The number of fused-ring (bicyclic) bond motifs is 1. The van der Waals surface area contributed by atoms with E-state index in [9.17, 15) is 0 Å².